The van der Waals surface area contributed by atoms with Gasteiger partial charge in [-0.15, -0.1) is 11.6 Å². The van der Waals surface area contributed by atoms with Crippen molar-refractivity contribution in [1.82, 2.24) is 0 Å². The molecule has 0 aliphatic carbocycles. The fraction of sp³-hybridized carbons (Fsp3) is 0.200. The molecule has 2 rings (SSSR count). The number of alkyl halides is 1. The molecular weight excluding hydrogens is 267 g/mol. The minimum atomic E-state index is -0.0847. The Bertz CT molecular complexity index is 508. The summed E-state index contributed by atoms with van der Waals surface area (Å²) in [5.41, 5.74) is 2.17. The second-order valence-corrected chi connectivity index (χ2v) is 5.00. The predicted molar refractivity (Wildman–Crippen MR) is 76.7 cm³/mol. The average Bonchev–Trinajstić information content (AvgIpc) is 2.40. The maximum absolute atomic E-state index is 6.42. The number of methoxy groups -OCH3 is 1. The molecule has 0 amide bonds. The van der Waals surface area contributed by atoms with Crippen molar-refractivity contribution in [2.24, 2.45) is 0 Å². The Balaban J connectivity index is 2.15. The van der Waals surface area contributed by atoms with Gasteiger partial charge in [-0.2, -0.15) is 0 Å². The number of benzene rings is 2. The van der Waals surface area contributed by atoms with Gasteiger partial charge in [0.1, 0.15) is 5.75 Å². The molecule has 0 bridgehead atoms. The molecule has 0 aliphatic heterocycles. The summed E-state index contributed by atoms with van der Waals surface area (Å²) in [5.74, 6) is 0.872. The largest absolute Gasteiger partial charge is 0.496 e. The van der Waals surface area contributed by atoms with E-state index >= 15 is 0 Å². The molecule has 1 nitrogen and oxygen atoms in total. The van der Waals surface area contributed by atoms with Gasteiger partial charge >= 0.3 is 0 Å². The number of ether oxygens (including phenoxy) is 1. The van der Waals surface area contributed by atoms with Gasteiger partial charge in [-0.25, -0.2) is 0 Å². The zero-order valence-electron chi connectivity index (χ0n) is 10.1. The predicted octanol–water partition coefficient (Wildman–Crippen LogP) is 4.87. The topological polar surface area (TPSA) is 9.23 Å². The molecular formula is C15H14Cl2O. The summed E-state index contributed by atoms with van der Waals surface area (Å²) < 4.78 is 5.32. The molecule has 0 aliphatic rings. The van der Waals surface area contributed by atoms with Crippen LogP contribution in [0.4, 0.5) is 0 Å². The molecule has 0 N–H and O–H groups in total. The Labute approximate surface area is 117 Å². The molecule has 94 valence electrons. The van der Waals surface area contributed by atoms with E-state index in [0.29, 0.717) is 0 Å². The van der Waals surface area contributed by atoms with Gasteiger partial charge in [0.25, 0.3) is 0 Å². The van der Waals surface area contributed by atoms with Gasteiger partial charge in [0.15, 0.2) is 0 Å². The third kappa shape index (κ3) is 3.18. The van der Waals surface area contributed by atoms with Crippen LogP contribution < -0.4 is 4.74 Å². The van der Waals surface area contributed by atoms with E-state index in [1.54, 1.807) is 7.11 Å². The maximum Gasteiger partial charge on any atom is 0.122 e. The maximum atomic E-state index is 6.42. The number of hydrogen-bond donors (Lipinski definition) is 0. The van der Waals surface area contributed by atoms with E-state index in [0.717, 1.165) is 28.3 Å². The van der Waals surface area contributed by atoms with Crippen LogP contribution in [-0.2, 0) is 6.42 Å². The first-order valence-electron chi connectivity index (χ1n) is 5.72. The fourth-order valence-corrected chi connectivity index (χ4v) is 2.29. The van der Waals surface area contributed by atoms with Crippen molar-refractivity contribution in [3.63, 3.8) is 0 Å². The summed E-state index contributed by atoms with van der Waals surface area (Å²) in [4.78, 5) is 0. The van der Waals surface area contributed by atoms with E-state index in [2.05, 4.69) is 0 Å². The highest BCUT2D eigenvalue weighted by Gasteiger charge is 2.11. The zero-order valence-corrected chi connectivity index (χ0v) is 11.6. The van der Waals surface area contributed by atoms with Crippen LogP contribution in [-0.4, -0.2) is 7.11 Å². The molecule has 0 aromatic heterocycles. The Hall–Kier alpha value is -1.18. The van der Waals surface area contributed by atoms with Gasteiger partial charge in [0.05, 0.1) is 12.5 Å². The van der Waals surface area contributed by atoms with Crippen LogP contribution in [0.5, 0.6) is 5.75 Å². The SMILES string of the molecule is COc1ccccc1CC(Cl)c1ccc(Cl)cc1. The van der Waals surface area contributed by atoms with Crippen LogP contribution in [0, 0.1) is 0 Å². The lowest BCUT2D eigenvalue weighted by molar-refractivity contribution is 0.409. The third-order valence-electron chi connectivity index (χ3n) is 2.82. The molecule has 0 fully saturated rings. The van der Waals surface area contributed by atoms with E-state index in [1.807, 2.05) is 48.5 Å². The van der Waals surface area contributed by atoms with E-state index in [4.69, 9.17) is 27.9 Å². The second kappa shape index (κ2) is 6.12. The molecule has 2 aromatic carbocycles. The van der Waals surface area contributed by atoms with Crippen LogP contribution in [0.15, 0.2) is 48.5 Å². The Morgan fingerprint density at radius 3 is 2.39 bits per heavy atom. The van der Waals surface area contributed by atoms with Crippen molar-refractivity contribution in [3.05, 3.63) is 64.7 Å². The normalized spacial score (nSPS) is 12.2. The monoisotopic (exact) mass is 280 g/mol. The summed E-state index contributed by atoms with van der Waals surface area (Å²) in [6.07, 6.45) is 0.729. The number of para-hydroxylation sites is 1. The number of hydrogen-bond acceptors (Lipinski definition) is 1. The van der Waals surface area contributed by atoms with E-state index in [-0.39, 0.29) is 5.38 Å². The van der Waals surface area contributed by atoms with Crippen LogP contribution >= 0.6 is 23.2 Å². The molecule has 1 unspecified atom stereocenters. The van der Waals surface area contributed by atoms with Crippen LogP contribution in [0.25, 0.3) is 0 Å². The lowest BCUT2D eigenvalue weighted by atomic mass is 10.0. The van der Waals surface area contributed by atoms with Gasteiger partial charge in [0.2, 0.25) is 0 Å². The van der Waals surface area contributed by atoms with Crippen LogP contribution in [0.2, 0.25) is 5.02 Å². The summed E-state index contributed by atoms with van der Waals surface area (Å²) in [6.45, 7) is 0. The molecule has 0 saturated carbocycles. The Morgan fingerprint density at radius 2 is 1.72 bits per heavy atom. The van der Waals surface area contributed by atoms with Crippen molar-refractivity contribution in [3.8, 4) is 5.75 Å². The summed E-state index contributed by atoms with van der Waals surface area (Å²) >= 11 is 12.3. The summed E-state index contributed by atoms with van der Waals surface area (Å²) in [7, 11) is 1.67. The van der Waals surface area contributed by atoms with Gasteiger partial charge in [0, 0.05) is 5.02 Å². The van der Waals surface area contributed by atoms with Crippen molar-refractivity contribution < 1.29 is 4.74 Å². The van der Waals surface area contributed by atoms with Gasteiger partial charge < -0.3 is 4.74 Å². The first kappa shape index (κ1) is 13.3. The Morgan fingerprint density at radius 1 is 1.06 bits per heavy atom. The van der Waals surface area contributed by atoms with Gasteiger partial charge in [-0.05, 0) is 35.7 Å². The van der Waals surface area contributed by atoms with E-state index in [1.165, 1.54) is 0 Å². The molecule has 0 saturated heterocycles. The first-order valence-corrected chi connectivity index (χ1v) is 6.53. The second-order valence-electron chi connectivity index (χ2n) is 4.04. The minimum Gasteiger partial charge on any atom is -0.496 e. The standard InChI is InChI=1S/C15H14Cl2O/c1-18-15-5-3-2-4-12(15)10-14(17)11-6-8-13(16)9-7-11/h2-9,14H,10H2,1H3. The number of halogens is 2. The molecule has 1 atom stereocenters. The molecule has 3 heteroatoms. The Kier molecular flexibility index (Phi) is 4.51. The van der Waals surface area contributed by atoms with Crippen LogP contribution in [0.3, 0.4) is 0 Å². The highest BCUT2D eigenvalue weighted by molar-refractivity contribution is 6.30. The van der Waals surface area contributed by atoms with Crippen molar-refractivity contribution in [2.45, 2.75) is 11.8 Å². The minimum absolute atomic E-state index is 0.0847. The highest BCUT2D eigenvalue weighted by Crippen LogP contribution is 2.29. The molecule has 2 aromatic rings. The van der Waals surface area contributed by atoms with Crippen LogP contribution in [0.1, 0.15) is 16.5 Å². The highest BCUT2D eigenvalue weighted by atomic mass is 35.5. The lowest BCUT2D eigenvalue weighted by Gasteiger charge is -2.13. The van der Waals surface area contributed by atoms with Crippen molar-refractivity contribution >= 4 is 23.2 Å². The smallest absolute Gasteiger partial charge is 0.122 e. The quantitative estimate of drug-likeness (QED) is 0.726. The molecule has 0 spiro atoms. The summed E-state index contributed by atoms with van der Waals surface area (Å²) in [5, 5.41) is 0.637. The molecule has 0 heterocycles. The first-order chi connectivity index (χ1) is 8.70. The fourth-order valence-electron chi connectivity index (χ4n) is 1.85. The summed E-state index contributed by atoms with van der Waals surface area (Å²) in [6, 6.07) is 15.5. The molecule has 0 radical (unpaired) electrons. The van der Waals surface area contributed by atoms with Crippen molar-refractivity contribution in [1.29, 1.82) is 0 Å². The van der Waals surface area contributed by atoms with E-state index in [9.17, 15) is 0 Å². The number of rotatable bonds is 4. The van der Waals surface area contributed by atoms with Crippen molar-refractivity contribution in [2.75, 3.05) is 7.11 Å². The van der Waals surface area contributed by atoms with E-state index < -0.39 is 0 Å². The zero-order chi connectivity index (χ0) is 13.0. The van der Waals surface area contributed by atoms with Gasteiger partial charge in [-0.3, -0.25) is 0 Å². The third-order valence-corrected chi connectivity index (χ3v) is 3.48. The average molecular weight is 281 g/mol. The van der Waals surface area contributed by atoms with Gasteiger partial charge in [-0.1, -0.05) is 41.9 Å². The lowest BCUT2D eigenvalue weighted by Crippen LogP contribution is -1.98. The molecule has 18 heavy (non-hydrogen) atoms.